The second-order valence-corrected chi connectivity index (χ2v) is 25.7. The van der Waals surface area contributed by atoms with Gasteiger partial charge in [-0.25, -0.2) is 0 Å². The second kappa shape index (κ2) is 22.5. The summed E-state index contributed by atoms with van der Waals surface area (Å²) in [7, 11) is -4.05. The van der Waals surface area contributed by atoms with E-state index in [0.717, 1.165) is 0 Å². The predicted octanol–water partition coefficient (Wildman–Crippen LogP) is 20.2. The van der Waals surface area contributed by atoms with Crippen LogP contribution in [0.15, 0.2) is 332 Å². The van der Waals surface area contributed by atoms with Crippen molar-refractivity contribution in [1.82, 2.24) is 0 Å². The Morgan fingerprint density at radius 1 is 0.195 bits per heavy atom. The first-order valence-corrected chi connectivity index (χ1v) is 30.9. The van der Waals surface area contributed by atoms with Crippen LogP contribution < -0.4 is 15.6 Å². The van der Waals surface area contributed by atoms with Gasteiger partial charge in [0.15, 0.2) is 8.07 Å². The summed E-state index contributed by atoms with van der Waals surface area (Å²) in [5, 5.41) is 4.17. The first-order valence-electron chi connectivity index (χ1n) is 28.8. The lowest BCUT2D eigenvalue weighted by Crippen LogP contribution is -2.72. The summed E-state index contributed by atoms with van der Waals surface area (Å²) in [4.78, 5) is 0. The van der Waals surface area contributed by atoms with Crippen molar-refractivity contribution in [2.75, 3.05) is 0 Å². The minimum absolute atomic E-state index is 0.0833. The molecule has 0 amide bonds. The van der Waals surface area contributed by atoms with E-state index >= 15 is 0 Å². The van der Waals surface area contributed by atoms with Gasteiger partial charge in [0.25, 0.3) is 0 Å². The van der Waals surface area contributed by atoms with Gasteiger partial charge in [-0.3, -0.25) is 0 Å². The van der Waals surface area contributed by atoms with E-state index in [-0.39, 0.29) is 5.54 Å². The molecule has 0 unspecified atom stereocenters. The molecular weight excluding hydrogens is 1000 g/mol. The fourth-order valence-corrected chi connectivity index (χ4v) is 20.7. The van der Waals surface area contributed by atoms with Crippen LogP contribution in [0.25, 0.3) is 100 Å². The maximum absolute atomic E-state index is 4.05. The Bertz CT molecular complexity index is 3670. The van der Waals surface area contributed by atoms with E-state index in [1.807, 2.05) is 0 Å². The summed E-state index contributed by atoms with van der Waals surface area (Å²) in [6.45, 7) is 9.75. The van der Waals surface area contributed by atoms with Crippen LogP contribution in [0.2, 0.25) is 5.54 Å². The van der Waals surface area contributed by atoms with Crippen LogP contribution in [0.5, 0.6) is 0 Å². The molecular formula is C81H64Si. The minimum Gasteiger partial charge on any atom is -0.0647 e. The Hall–Kier alpha value is -9.66. The highest BCUT2D eigenvalue weighted by molar-refractivity contribution is 7.16. The first-order chi connectivity index (χ1) is 40.4. The summed E-state index contributed by atoms with van der Waals surface area (Å²) in [6, 6.07) is 117. The van der Waals surface area contributed by atoms with Gasteiger partial charge in [0, 0.05) is 5.54 Å². The zero-order valence-electron chi connectivity index (χ0n) is 47.0. The highest BCUT2D eigenvalue weighted by Crippen LogP contribution is 2.53. The van der Waals surface area contributed by atoms with Gasteiger partial charge < -0.3 is 0 Å². The topological polar surface area (TPSA) is 0 Å². The summed E-state index contributed by atoms with van der Waals surface area (Å²) in [6.07, 6.45) is 0. The molecule has 392 valence electrons. The molecule has 0 saturated heterocycles. The number of benzene rings is 12. The van der Waals surface area contributed by atoms with Crippen molar-refractivity contribution in [1.29, 1.82) is 0 Å². The standard InChI is InChI=1S/C81H64Si/c1-56-57(2)59(4)78(58(56)3)82(79-72(63-38-20-8-21-39-63)50-69(60-32-14-5-15-33-60)51-73(79)64-40-22-9-23-41-64,80-74(65-42-24-10-25-43-65)52-70(61-34-16-6-17-35-61)53-75(80)66-44-26-11-27-45-66)81-76(67-46-28-12-29-47-67)54-71(62-36-18-7-19-37-62)55-77(81)68-48-30-13-31-49-68/h5-55,78H,1-4H3. The molecule has 0 radical (unpaired) electrons. The SMILES string of the molecule is CC1=C(C)C([Si](c2c(-c3ccccc3)cc(-c3ccccc3)cc2-c2ccccc2)(c2c(-c3ccccc3)cc(-c3ccccc3)cc2-c2ccccc2)c2c(-c3ccccc3)cc(-c3ccccc3)cc2-c2ccccc2)C(C)=C1C. The van der Waals surface area contributed by atoms with Gasteiger partial charge in [0.1, 0.15) is 0 Å². The highest BCUT2D eigenvalue weighted by Gasteiger charge is 2.56. The summed E-state index contributed by atoms with van der Waals surface area (Å²) < 4.78 is 0. The predicted molar refractivity (Wildman–Crippen MR) is 353 cm³/mol. The summed E-state index contributed by atoms with van der Waals surface area (Å²) in [5.41, 5.74) is 27.1. The van der Waals surface area contributed by atoms with E-state index in [4.69, 9.17) is 0 Å². The lowest BCUT2D eigenvalue weighted by Gasteiger charge is -2.47. The zero-order chi connectivity index (χ0) is 55.6. The summed E-state index contributed by atoms with van der Waals surface area (Å²) in [5.74, 6) is 0. The van der Waals surface area contributed by atoms with E-state index in [1.165, 1.54) is 138 Å². The minimum atomic E-state index is -4.05. The largest absolute Gasteiger partial charge is 0.163 e. The molecule has 1 aliphatic rings. The number of hydrogen-bond donors (Lipinski definition) is 0. The smallest absolute Gasteiger partial charge is 0.0647 e. The maximum atomic E-state index is 2.56. The maximum Gasteiger partial charge on any atom is 0.163 e. The molecule has 12 aromatic rings. The van der Waals surface area contributed by atoms with Crippen molar-refractivity contribution in [2.45, 2.75) is 33.2 Å². The van der Waals surface area contributed by atoms with Crippen molar-refractivity contribution in [3.8, 4) is 100 Å². The molecule has 1 heteroatoms. The molecule has 0 N–H and O–H groups in total. The third-order valence-corrected chi connectivity index (χ3v) is 23.2. The molecule has 0 spiro atoms. The average Bonchev–Trinajstić information content (AvgIpc) is 2.62. The zero-order valence-corrected chi connectivity index (χ0v) is 48.0. The Morgan fingerprint density at radius 2 is 0.354 bits per heavy atom. The number of allylic oxidation sites excluding steroid dienone is 4. The third-order valence-electron chi connectivity index (χ3n) is 17.5. The fraction of sp³-hybridized carbons (Fsp3) is 0.0617. The molecule has 13 rings (SSSR count). The van der Waals surface area contributed by atoms with Crippen molar-refractivity contribution < 1.29 is 0 Å². The van der Waals surface area contributed by atoms with E-state index < -0.39 is 8.07 Å². The Kier molecular flexibility index (Phi) is 14.2. The highest BCUT2D eigenvalue weighted by atomic mass is 28.3. The van der Waals surface area contributed by atoms with E-state index in [0.29, 0.717) is 0 Å². The first kappa shape index (κ1) is 51.8. The normalized spacial score (nSPS) is 12.7. The molecule has 0 nitrogen and oxygen atoms in total. The molecule has 82 heavy (non-hydrogen) atoms. The van der Waals surface area contributed by atoms with Crippen molar-refractivity contribution in [3.05, 3.63) is 332 Å². The van der Waals surface area contributed by atoms with Crippen LogP contribution in [0.1, 0.15) is 27.7 Å². The summed E-state index contributed by atoms with van der Waals surface area (Å²) >= 11 is 0. The van der Waals surface area contributed by atoms with E-state index in [1.54, 1.807) is 0 Å². The van der Waals surface area contributed by atoms with Crippen LogP contribution in [0, 0.1) is 0 Å². The van der Waals surface area contributed by atoms with Crippen LogP contribution in [-0.2, 0) is 0 Å². The second-order valence-electron chi connectivity index (χ2n) is 22.0. The molecule has 1 aliphatic carbocycles. The quantitative estimate of drug-likeness (QED) is 0.0797. The molecule has 0 atom stereocenters. The average molecular weight is 1070 g/mol. The molecule has 0 saturated carbocycles. The Balaban J connectivity index is 1.41. The molecule has 0 aromatic heterocycles. The van der Waals surface area contributed by atoms with Crippen molar-refractivity contribution in [2.24, 2.45) is 0 Å². The van der Waals surface area contributed by atoms with Gasteiger partial charge in [-0.2, -0.15) is 0 Å². The van der Waals surface area contributed by atoms with Gasteiger partial charge in [0.05, 0.1) is 0 Å². The van der Waals surface area contributed by atoms with Gasteiger partial charge in [-0.15, -0.1) is 0 Å². The molecule has 0 heterocycles. The molecule has 0 bridgehead atoms. The van der Waals surface area contributed by atoms with Gasteiger partial charge in [0.2, 0.25) is 0 Å². The number of hydrogen-bond acceptors (Lipinski definition) is 0. The molecule has 0 aliphatic heterocycles. The van der Waals surface area contributed by atoms with Crippen molar-refractivity contribution in [3.63, 3.8) is 0 Å². The Morgan fingerprint density at radius 3 is 0.524 bits per heavy atom. The third kappa shape index (κ3) is 9.33. The number of rotatable bonds is 13. The van der Waals surface area contributed by atoms with Gasteiger partial charge >= 0.3 is 0 Å². The van der Waals surface area contributed by atoms with E-state index in [9.17, 15) is 0 Å². The van der Waals surface area contributed by atoms with Crippen LogP contribution in [-0.4, -0.2) is 8.07 Å². The Labute approximate surface area is 485 Å². The molecule has 0 fully saturated rings. The fourth-order valence-electron chi connectivity index (χ4n) is 13.5. The van der Waals surface area contributed by atoms with Crippen LogP contribution in [0.4, 0.5) is 0 Å². The lowest BCUT2D eigenvalue weighted by molar-refractivity contribution is 1.09. The van der Waals surface area contributed by atoms with Gasteiger partial charge in [-0.05, 0) is 191 Å². The van der Waals surface area contributed by atoms with Crippen LogP contribution >= 0.6 is 0 Å². The van der Waals surface area contributed by atoms with Gasteiger partial charge in [-0.1, -0.05) is 284 Å². The van der Waals surface area contributed by atoms with Crippen LogP contribution in [0.3, 0.4) is 0 Å². The lowest BCUT2D eigenvalue weighted by atomic mass is 9.92. The van der Waals surface area contributed by atoms with E-state index in [2.05, 4.69) is 337 Å². The molecule has 12 aromatic carbocycles. The van der Waals surface area contributed by atoms with Crippen molar-refractivity contribution >= 4 is 23.6 Å². The monoisotopic (exact) mass is 1060 g/mol.